The quantitative estimate of drug-likeness (QED) is 0.399. The molecule has 0 bridgehead atoms. The number of rotatable bonds is 8. The predicted molar refractivity (Wildman–Crippen MR) is 149 cm³/mol. The zero-order valence-corrected chi connectivity index (χ0v) is 23.1. The van der Waals surface area contributed by atoms with Crippen molar-refractivity contribution < 1.29 is 4.79 Å². The Kier molecular flexibility index (Phi) is 5.99. The van der Waals surface area contributed by atoms with Crippen molar-refractivity contribution in [2.75, 3.05) is 17.2 Å². The number of carbonyl (C=O) groups excluding carboxylic acids is 1. The van der Waals surface area contributed by atoms with E-state index in [9.17, 15) is 10.1 Å². The highest BCUT2D eigenvalue weighted by atomic mass is 16.1. The van der Waals surface area contributed by atoms with Crippen molar-refractivity contribution in [2.24, 2.45) is 13.0 Å². The van der Waals surface area contributed by atoms with Gasteiger partial charge in [0.05, 0.1) is 22.9 Å². The number of benzene rings is 1. The maximum atomic E-state index is 13.6. The minimum Gasteiger partial charge on any atom is -0.382 e. The van der Waals surface area contributed by atoms with Gasteiger partial charge in [-0.2, -0.15) is 5.26 Å². The zero-order chi connectivity index (χ0) is 27.4. The number of carbonyl (C=O) groups is 1. The highest BCUT2D eigenvalue weighted by Crippen LogP contribution is 2.53. The van der Waals surface area contributed by atoms with Crippen molar-refractivity contribution in [3.05, 3.63) is 65.0 Å². The molecular weight excluding hydrogens is 488 g/mol. The number of hydrogen-bond acceptors (Lipinski definition) is 7. The highest BCUT2D eigenvalue weighted by molar-refractivity contribution is 6.03. The number of anilines is 2. The van der Waals surface area contributed by atoms with Gasteiger partial charge in [0, 0.05) is 43.2 Å². The van der Waals surface area contributed by atoms with Crippen molar-refractivity contribution >= 4 is 17.3 Å². The molecule has 3 aliphatic rings. The molecule has 202 valence electrons. The van der Waals surface area contributed by atoms with E-state index >= 15 is 0 Å². The Morgan fingerprint density at radius 1 is 1.23 bits per heavy atom. The van der Waals surface area contributed by atoms with Gasteiger partial charge in [0.1, 0.15) is 17.8 Å². The van der Waals surface area contributed by atoms with Crippen LogP contribution >= 0.6 is 0 Å². The van der Waals surface area contributed by atoms with Gasteiger partial charge in [-0.15, -0.1) is 10.2 Å². The van der Waals surface area contributed by atoms with E-state index in [-0.39, 0.29) is 22.3 Å². The van der Waals surface area contributed by atoms with Crippen molar-refractivity contribution in [3.8, 4) is 6.07 Å². The average molecular weight is 525 g/mol. The molecule has 1 aromatic carbocycles. The number of hydrogen-bond donors (Lipinski definition) is 3. The third-order valence-corrected chi connectivity index (χ3v) is 8.85. The van der Waals surface area contributed by atoms with Gasteiger partial charge in [0.15, 0.2) is 0 Å². The van der Waals surface area contributed by atoms with Gasteiger partial charge in [-0.25, -0.2) is 4.98 Å². The normalized spacial score (nSPS) is 23.7. The van der Waals surface area contributed by atoms with Crippen molar-refractivity contribution in [3.63, 3.8) is 0 Å². The predicted octanol–water partition coefficient (Wildman–Crippen LogP) is 4.42. The Balaban J connectivity index is 1.28. The molecule has 0 saturated heterocycles. The molecule has 1 aliphatic heterocycles. The van der Waals surface area contributed by atoms with Crippen molar-refractivity contribution in [1.29, 1.82) is 5.26 Å². The lowest BCUT2D eigenvalue weighted by Crippen LogP contribution is -2.44. The fraction of sp³-hybridized carbons (Fsp3) is 0.500. The van der Waals surface area contributed by atoms with E-state index in [1.165, 1.54) is 12.8 Å². The van der Waals surface area contributed by atoms with Gasteiger partial charge in [0.25, 0.3) is 5.91 Å². The number of aryl methyl sites for hydroxylation is 1. The number of pyridine rings is 1. The van der Waals surface area contributed by atoms with Gasteiger partial charge in [-0.1, -0.05) is 26.0 Å². The molecule has 6 rings (SSSR count). The van der Waals surface area contributed by atoms with Crippen LogP contribution in [0.25, 0.3) is 0 Å². The molecule has 2 aliphatic carbocycles. The van der Waals surface area contributed by atoms with Gasteiger partial charge < -0.3 is 20.5 Å². The third-order valence-electron chi connectivity index (χ3n) is 8.85. The molecule has 3 heterocycles. The first-order valence-corrected chi connectivity index (χ1v) is 13.8. The van der Waals surface area contributed by atoms with Gasteiger partial charge in [-0.05, 0) is 67.9 Å². The third kappa shape index (κ3) is 4.57. The zero-order valence-electron chi connectivity index (χ0n) is 23.1. The second-order valence-corrected chi connectivity index (χ2v) is 12.6. The van der Waals surface area contributed by atoms with Crippen LogP contribution in [0.4, 0.5) is 11.4 Å². The second kappa shape index (κ2) is 9.16. The summed E-state index contributed by atoms with van der Waals surface area (Å²) in [5, 5.41) is 28.1. The lowest BCUT2D eigenvalue weighted by molar-refractivity contribution is 0.102. The van der Waals surface area contributed by atoms with Crippen molar-refractivity contribution in [1.82, 2.24) is 25.1 Å². The summed E-state index contributed by atoms with van der Waals surface area (Å²) in [5.41, 5.74) is 5.00. The van der Waals surface area contributed by atoms with Gasteiger partial charge in [-0.3, -0.25) is 4.79 Å². The minimum absolute atomic E-state index is 0.156. The summed E-state index contributed by atoms with van der Waals surface area (Å²) in [7, 11) is 1.95. The number of fused-ring (bicyclic) bond motifs is 1. The fourth-order valence-electron chi connectivity index (χ4n) is 6.16. The van der Waals surface area contributed by atoms with Crippen LogP contribution in [0.1, 0.15) is 86.0 Å². The van der Waals surface area contributed by atoms with E-state index in [1.807, 2.05) is 35.9 Å². The van der Waals surface area contributed by atoms with Crippen LogP contribution in [0.3, 0.4) is 0 Å². The van der Waals surface area contributed by atoms with Crippen LogP contribution in [0.5, 0.6) is 0 Å². The van der Waals surface area contributed by atoms with Crippen molar-refractivity contribution in [2.45, 2.75) is 75.8 Å². The summed E-state index contributed by atoms with van der Waals surface area (Å²) in [6.07, 6.45) is 6.25. The standard InChI is InChI=1S/C30H36N8O/c1-28(2)17-32-24-20(16-33-29(3)9-10-29)12-23(36-25(24)28)26(39)35-22-7-5-6-21(13-22)30(14-19(15-30)8-11-31)27-37-34-18-38(27)4/h5-7,12-13,18-19,32-33H,8-10,14-17H2,1-4H3,(H,35,39). The second-order valence-electron chi connectivity index (χ2n) is 12.6. The first-order chi connectivity index (χ1) is 18.6. The van der Waals surface area contributed by atoms with Crippen LogP contribution in [0, 0.1) is 17.2 Å². The summed E-state index contributed by atoms with van der Waals surface area (Å²) >= 11 is 0. The summed E-state index contributed by atoms with van der Waals surface area (Å²) in [4.78, 5) is 18.4. The molecular formula is C30H36N8O. The molecule has 1 amide bonds. The van der Waals surface area contributed by atoms with Gasteiger partial charge in [0.2, 0.25) is 0 Å². The largest absolute Gasteiger partial charge is 0.382 e. The smallest absolute Gasteiger partial charge is 0.274 e. The molecule has 2 aromatic heterocycles. The Labute approximate surface area is 229 Å². The minimum atomic E-state index is -0.327. The average Bonchev–Trinajstić information content (AvgIpc) is 3.33. The summed E-state index contributed by atoms with van der Waals surface area (Å²) in [5.74, 6) is 0.986. The lowest BCUT2D eigenvalue weighted by atomic mass is 9.57. The van der Waals surface area contributed by atoms with Crippen LogP contribution in [-0.4, -0.2) is 37.7 Å². The number of nitrogens with one attached hydrogen (secondary N) is 3. The fourth-order valence-corrected chi connectivity index (χ4v) is 6.16. The summed E-state index contributed by atoms with van der Waals surface area (Å²) < 4.78 is 1.95. The Bertz CT molecular complexity index is 1470. The maximum absolute atomic E-state index is 13.6. The topological polar surface area (TPSA) is 121 Å². The molecule has 0 atom stereocenters. The van der Waals surface area contributed by atoms with E-state index in [4.69, 9.17) is 4.98 Å². The molecule has 2 fully saturated rings. The molecule has 3 aromatic rings. The Morgan fingerprint density at radius 2 is 2.03 bits per heavy atom. The van der Waals surface area contributed by atoms with E-state index in [1.54, 1.807) is 6.33 Å². The van der Waals surface area contributed by atoms with E-state index in [0.717, 1.165) is 47.7 Å². The molecule has 0 radical (unpaired) electrons. The molecule has 9 nitrogen and oxygen atoms in total. The molecule has 3 N–H and O–H groups in total. The van der Waals surface area contributed by atoms with E-state index in [0.29, 0.717) is 30.3 Å². The first kappa shape index (κ1) is 25.5. The molecule has 9 heteroatoms. The van der Waals surface area contributed by atoms with Crippen LogP contribution in [0.15, 0.2) is 36.7 Å². The van der Waals surface area contributed by atoms with E-state index < -0.39 is 0 Å². The number of nitriles is 1. The highest BCUT2D eigenvalue weighted by Gasteiger charge is 2.49. The van der Waals surface area contributed by atoms with Gasteiger partial charge >= 0.3 is 0 Å². The van der Waals surface area contributed by atoms with Crippen LogP contribution in [0.2, 0.25) is 0 Å². The lowest BCUT2D eigenvalue weighted by Gasteiger charge is -2.46. The molecule has 2 saturated carbocycles. The van der Waals surface area contributed by atoms with Crippen LogP contribution in [-0.2, 0) is 24.4 Å². The molecule has 0 spiro atoms. The molecule has 0 unspecified atom stereocenters. The number of amides is 1. The first-order valence-electron chi connectivity index (χ1n) is 13.8. The van der Waals surface area contributed by atoms with E-state index in [2.05, 4.69) is 59.1 Å². The summed E-state index contributed by atoms with van der Waals surface area (Å²) in [6, 6.07) is 12.2. The Hall–Kier alpha value is -3.77. The summed E-state index contributed by atoms with van der Waals surface area (Å²) in [6.45, 7) is 8.06. The monoisotopic (exact) mass is 524 g/mol. The molecule has 39 heavy (non-hydrogen) atoms. The number of nitrogens with zero attached hydrogens (tertiary/aromatic N) is 5. The SMILES string of the molecule is Cn1cnnc1C1(c2cccc(NC(=O)c3cc(CNC4(C)CC4)c4c(n3)C(C)(C)CN4)c2)CC(CC#N)C1. The number of aromatic nitrogens is 4. The Morgan fingerprint density at radius 3 is 2.72 bits per heavy atom. The van der Waals surface area contributed by atoms with Crippen LogP contribution < -0.4 is 16.0 Å². The maximum Gasteiger partial charge on any atom is 0.274 e.